The highest BCUT2D eigenvalue weighted by molar-refractivity contribution is 5.94. The molecule has 8 N–H and O–H groups in total. The monoisotopic (exact) mass is 528 g/mol. The number of aliphatic carboxylic acids is 2. The maximum atomic E-state index is 12.9. The van der Waals surface area contributed by atoms with Gasteiger partial charge in [0.25, 0.3) is 0 Å². The summed E-state index contributed by atoms with van der Waals surface area (Å²) >= 11 is 0. The Morgan fingerprint density at radius 3 is 1.92 bits per heavy atom. The number of phenolic OH excluding ortho intramolecular Hbond substituents is 1. The zero-order valence-electron chi connectivity index (χ0n) is 20.8. The lowest BCUT2D eigenvalue weighted by Crippen LogP contribution is -2.56. The first-order chi connectivity index (χ1) is 18.0. The van der Waals surface area contributed by atoms with Gasteiger partial charge in [-0.25, -0.2) is 4.79 Å². The SMILES string of the molecule is CC(NC(=O)C(CCC(=O)O)NC(=O)C(N)Cc1ccccc1)C(=O)NC(Cc1ccc(O)cc1)C(=O)O. The average molecular weight is 529 g/mol. The first kappa shape index (κ1) is 29.8. The van der Waals surface area contributed by atoms with Crippen molar-refractivity contribution in [1.29, 1.82) is 0 Å². The number of carbonyl (C=O) groups excluding carboxylic acids is 3. The number of carboxylic acids is 2. The average Bonchev–Trinajstić information content (AvgIpc) is 2.87. The molecule has 3 amide bonds. The van der Waals surface area contributed by atoms with Crippen LogP contribution in [0.4, 0.5) is 0 Å². The molecule has 38 heavy (non-hydrogen) atoms. The summed E-state index contributed by atoms with van der Waals surface area (Å²) in [6, 6.07) is 9.94. The Bertz CT molecular complexity index is 1120. The molecule has 0 aliphatic heterocycles. The number of aromatic hydroxyl groups is 1. The van der Waals surface area contributed by atoms with Crippen LogP contribution in [0, 0.1) is 0 Å². The third-order valence-corrected chi connectivity index (χ3v) is 5.66. The molecule has 0 aromatic heterocycles. The third kappa shape index (κ3) is 9.90. The van der Waals surface area contributed by atoms with Crippen molar-refractivity contribution >= 4 is 29.7 Å². The van der Waals surface area contributed by atoms with Gasteiger partial charge in [-0.2, -0.15) is 0 Å². The molecule has 4 unspecified atom stereocenters. The van der Waals surface area contributed by atoms with Crippen molar-refractivity contribution in [2.24, 2.45) is 5.73 Å². The Morgan fingerprint density at radius 2 is 1.34 bits per heavy atom. The maximum Gasteiger partial charge on any atom is 0.326 e. The standard InChI is InChI=1S/C26H32N4O8/c1-15(23(34)30-21(26(37)38)14-17-7-9-18(31)10-8-17)28-25(36)20(11-12-22(32)33)29-24(35)19(27)13-16-5-3-2-4-6-16/h2-10,15,19-21,31H,11-14,27H2,1H3,(H,28,36)(H,29,35)(H,30,34)(H,32,33)(H,37,38). The lowest BCUT2D eigenvalue weighted by molar-refractivity contribution is -0.142. The van der Waals surface area contributed by atoms with Crippen molar-refractivity contribution in [2.45, 2.75) is 56.8 Å². The van der Waals surface area contributed by atoms with Crippen molar-refractivity contribution in [3.8, 4) is 5.75 Å². The lowest BCUT2D eigenvalue weighted by Gasteiger charge is -2.23. The summed E-state index contributed by atoms with van der Waals surface area (Å²) in [5.41, 5.74) is 7.31. The second-order valence-corrected chi connectivity index (χ2v) is 8.79. The molecule has 0 spiro atoms. The van der Waals surface area contributed by atoms with Gasteiger partial charge in [-0.3, -0.25) is 19.2 Å². The number of hydrogen-bond donors (Lipinski definition) is 7. The van der Waals surface area contributed by atoms with Crippen LogP contribution in [0.5, 0.6) is 5.75 Å². The number of nitrogens with one attached hydrogen (secondary N) is 3. The van der Waals surface area contributed by atoms with E-state index in [-0.39, 0.29) is 25.0 Å². The summed E-state index contributed by atoms with van der Waals surface area (Å²) in [7, 11) is 0. The predicted octanol–water partition coefficient (Wildman–Crippen LogP) is -0.0716. The van der Waals surface area contributed by atoms with Crippen LogP contribution in [0.15, 0.2) is 54.6 Å². The molecule has 0 saturated carbocycles. The number of rotatable bonds is 14. The quantitative estimate of drug-likeness (QED) is 0.175. The second-order valence-electron chi connectivity index (χ2n) is 8.79. The molecule has 0 fully saturated rings. The number of carbonyl (C=O) groups is 5. The molecule has 204 valence electrons. The van der Waals surface area contributed by atoms with Gasteiger partial charge in [-0.05, 0) is 43.0 Å². The van der Waals surface area contributed by atoms with Gasteiger partial charge >= 0.3 is 11.9 Å². The maximum absolute atomic E-state index is 12.9. The predicted molar refractivity (Wildman–Crippen MR) is 136 cm³/mol. The van der Waals surface area contributed by atoms with Crippen LogP contribution >= 0.6 is 0 Å². The minimum absolute atomic E-state index is 0.00607. The first-order valence-corrected chi connectivity index (χ1v) is 11.9. The number of benzene rings is 2. The molecule has 12 nitrogen and oxygen atoms in total. The Hall–Kier alpha value is -4.45. The molecule has 0 heterocycles. The highest BCUT2D eigenvalue weighted by Gasteiger charge is 2.29. The summed E-state index contributed by atoms with van der Waals surface area (Å²) in [5.74, 6) is -4.77. The van der Waals surface area contributed by atoms with Crippen LogP contribution in [0.3, 0.4) is 0 Å². The van der Waals surface area contributed by atoms with Crippen molar-refractivity contribution in [3.05, 3.63) is 65.7 Å². The van der Waals surface area contributed by atoms with Crippen molar-refractivity contribution in [2.75, 3.05) is 0 Å². The van der Waals surface area contributed by atoms with Crippen LogP contribution in [0.25, 0.3) is 0 Å². The van der Waals surface area contributed by atoms with Gasteiger partial charge in [0.2, 0.25) is 17.7 Å². The molecule has 0 aliphatic rings. The topological polar surface area (TPSA) is 208 Å². The normalized spacial score (nSPS) is 13.8. The van der Waals surface area contributed by atoms with E-state index in [2.05, 4.69) is 16.0 Å². The number of nitrogens with two attached hydrogens (primary N) is 1. The lowest BCUT2D eigenvalue weighted by atomic mass is 10.0. The van der Waals surface area contributed by atoms with Crippen LogP contribution < -0.4 is 21.7 Å². The summed E-state index contributed by atoms with van der Waals surface area (Å²) in [6.07, 6.45) is -0.562. The van der Waals surface area contributed by atoms with Crippen LogP contribution in [-0.2, 0) is 36.8 Å². The fourth-order valence-corrected chi connectivity index (χ4v) is 3.52. The van der Waals surface area contributed by atoms with E-state index in [9.17, 15) is 34.2 Å². The van der Waals surface area contributed by atoms with Crippen molar-refractivity contribution < 1.29 is 39.3 Å². The molecular formula is C26H32N4O8. The van der Waals surface area contributed by atoms with Gasteiger partial charge in [-0.15, -0.1) is 0 Å². The molecule has 12 heteroatoms. The van der Waals surface area contributed by atoms with E-state index >= 15 is 0 Å². The van der Waals surface area contributed by atoms with Gasteiger partial charge in [-0.1, -0.05) is 42.5 Å². The van der Waals surface area contributed by atoms with E-state index in [0.29, 0.717) is 5.56 Å². The number of amides is 3. The van der Waals surface area contributed by atoms with E-state index in [0.717, 1.165) is 5.56 Å². The van der Waals surface area contributed by atoms with Gasteiger partial charge in [0.15, 0.2) is 0 Å². The largest absolute Gasteiger partial charge is 0.508 e. The molecule has 0 saturated heterocycles. The molecular weight excluding hydrogens is 496 g/mol. The van der Waals surface area contributed by atoms with E-state index in [1.54, 1.807) is 24.3 Å². The summed E-state index contributed by atoms with van der Waals surface area (Å²) in [4.78, 5) is 60.8. The van der Waals surface area contributed by atoms with E-state index in [1.165, 1.54) is 31.2 Å². The second kappa shape index (κ2) is 14.3. The van der Waals surface area contributed by atoms with E-state index in [4.69, 9.17) is 10.8 Å². The van der Waals surface area contributed by atoms with Crippen LogP contribution in [0.2, 0.25) is 0 Å². The summed E-state index contributed by atoms with van der Waals surface area (Å²) in [5, 5.41) is 35.1. The molecule has 0 aliphatic carbocycles. The Kier molecular flexibility index (Phi) is 11.2. The minimum Gasteiger partial charge on any atom is -0.508 e. The van der Waals surface area contributed by atoms with Crippen LogP contribution in [-0.4, -0.2) is 69.1 Å². The number of phenols is 1. The third-order valence-electron chi connectivity index (χ3n) is 5.66. The van der Waals surface area contributed by atoms with Crippen molar-refractivity contribution in [3.63, 3.8) is 0 Å². The van der Waals surface area contributed by atoms with Gasteiger partial charge in [0, 0.05) is 12.8 Å². The number of hydrogen-bond acceptors (Lipinski definition) is 7. The smallest absolute Gasteiger partial charge is 0.326 e. The Labute approximate surface area is 219 Å². The van der Waals surface area contributed by atoms with Gasteiger partial charge < -0.3 is 37.0 Å². The molecule has 2 aromatic carbocycles. The molecule has 4 atom stereocenters. The van der Waals surface area contributed by atoms with E-state index < -0.39 is 60.2 Å². The van der Waals surface area contributed by atoms with Gasteiger partial charge in [0.1, 0.15) is 23.9 Å². The molecule has 0 bridgehead atoms. The zero-order chi connectivity index (χ0) is 28.2. The fraction of sp³-hybridized carbons (Fsp3) is 0.346. The minimum atomic E-state index is -1.31. The number of carboxylic acid groups (broad SMARTS) is 2. The Morgan fingerprint density at radius 1 is 0.763 bits per heavy atom. The fourth-order valence-electron chi connectivity index (χ4n) is 3.52. The molecule has 0 radical (unpaired) electrons. The van der Waals surface area contributed by atoms with Gasteiger partial charge in [0.05, 0.1) is 6.04 Å². The van der Waals surface area contributed by atoms with Crippen LogP contribution in [0.1, 0.15) is 30.9 Å². The first-order valence-electron chi connectivity index (χ1n) is 11.9. The molecule has 2 rings (SSSR count). The van der Waals surface area contributed by atoms with Crippen molar-refractivity contribution in [1.82, 2.24) is 16.0 Å². The Balaban J connectivity index is 2.01. The van der Waals surface area contributed by atoms with E-state index in [1.807, 2.05) is 6.07 Å². The summed E-state index contributed by atoms with van der Waals surface area (Å²) < 4.78 is 0. The molecule has 2 aromatic rings. The highest BCUT2D eigenvalue weighted by Crippen LogP contribution is 2.12. The zero-order valence-corrected chi connectivity index (χ0v) is 20.8. The summed E-state index contributed by atoms with van der Waals surface area (Å²) in [6.45, 7) is 1.32. The highest BCUT2D eigenvalue weighted by atomic mass is 16.4.